The van der Waals surface area contributed by atoms with Gasteiger partial charge in [-0.3, -0.25) is 0 Å². The van der Waals surface area contributed by atoms with Crippen LogP contribution in [0.25, 0.3) is 10.1 Å². The van der Waals surface area contributed by atoms with Crippen LogP contribution in [0.2, 0.25) is 0 Å². The van der Waals surface area contributed by atoms with E-state index in [2.05, 4.69) is 50.0 Å². The molecule has 0 fully saturated rings. The predicted molar refractivity (Wildman–Crippen MR) is 66.7 cm³/mol. The van der Waals surface area contributed by atoms with Crippen LogP contribution in [-0.4, -0.2) is 0 Å². The van der Waals surface area contributed by atoms with E-state index in [9.17, 15) is 0 Å². The second-order valence-electron chi connectivity index (χ2n) is 2.43. The molecule has 1 aromatic carbocycles. The molecule has 0 bridgehead atoms. The van der Waals surface area contributed by atoms with E-state index in [0.29, 0.717) is 0 Å². The third kappa shape index (κ3) is 1.25. The number of fused-ring (bicyclic) bond motifs is 1. The molecule has 0 saturated carbocycles. The van der Waals surface area contributed by atoms with Crippen LogP contribution in [-0.2, 0) is 0 Å². The van der Waals surface area contributed by atoms with Gasteiger partial charge in [0, 0.05) is 29.2 Å². The van der Waals surface area contributed by atoms with Gasteiger partial charge in [0.15, 0.2) is 0 Å². The number of rotatable bonds is 0. The lowest BCUT2D eigenvalue weighted by atomic mass is 10.2. The van der Waals surface area contributed by atoms with Crippen molar-refractivity contribution in [2.45, 2.75) is 0 Å². The minimum Gasteiger partial charge on any atom is -0.398 e. The number of nitrogen functional groups attached to an aromatic ring is 1. The Hall–Kier alpha value is 0.190. The summed E-state index contributed by atoms with van der Waals surface area (Å²) in [5.74, 6) is 0. The van der Waals surface area contributed by atoms with Crippen LogP contribution in [0.15, 0.2) is 22.0 Å². The average Bonchev–Trinajstić information content (AvgIpc) is 2.41. The van der Waals surface area contributed by atoms with E-state index in [4.69, 9.17) is 5.73 Å². The first-order chi connectivity index (χ1) is 5.70. The van der Waals surface area contributed by atoms with Crippen LogP contribution < -0.4 is 5.73 Å². The molecule has 0 saturated heterocycles. The van der Waals surface area contributed by atoms with E-state index in [-0.39, 0.29) is 0 Å². The smallest absolute Gasteiger partial charge is 0.0458 e. The Bertz CT molecular complexity index is 438. The Labute approximate surface area is 96.2 Å². The zero-order valence-corrected chi connectivity index (χ0v) is 10.5. The van der Waals surface area contributed by atoms with E-state index >= 15 is 0 Å². The number of hydrogen-bond donors (Lipinski definition) is 1. The fraction of sp³-hybridized carbons (Fsp3) is 0. The first kappa shape index (κ1) is 8.77. The molecule has 0 aliphatic rings. The fourth-order valence-electron chi connectivity index (χ4n) is 1.07. The molecule has 0 aliphatic carbocycles. The van der Waals surface area contributed by atoms with Crippen molar-refractivity contribution in [2.75, 3.05) is 5.73 Å². The predicted octanol–water partition coefficient (Wildman–Crippen LogP) is 3.85. The highest BCUT2D eigenvalue weighted by Crippen LogP contribution is 2.36. The molecular formula is C8H5BrINS. The summed E-state index contributed by atoms with van der Waals surface area (Å²) in [6, 6.07) is 4.01. The Morgan fingerprint density at radius 1 is 1.42 bits per heavy atom. The van der Waals surface area contributed by atoms with Crippen molar-refractivity contribution in [1.29, 1.82) is 0 Å². The highest BCUT2D eigenvalue weighted by molar-refractivity contribution is 14.1. The third-order valence-electron chi connectivity index (χ3n) is 1.66. The van der Waals surface area contributed by atoms with Gasteiger partial charge in [-0.15, -0.1) is 11.3 Å². The summed E-state index contributed by atoms with van der Waals surface area (Å²) in [6.07, 6.45) is 0. The van der Waals surface area contributed by atoms with Gasteiger partial charge in [0.2, 0.25) is 0 Å². The van der Waals surface area contributed by atoms with Crippen LogP contribution >= 0.6 is 49.9 Å². The Morgan fingerprint density at radius 3 is 2.92 bits per heavy atom. The molecule has 62 valence electrons. The molecule has 0 amide bonds. The highest BCUT2D eigenvalue weighted by atomic mass is 127. The first-order valence-corrected chi connectivity index (χ1v) is 6.06. The largest absolute Gasteiger partial charge is 0.398 e. The molecule has 0 radical (unpaired) electrons. The maximum Gasteiger partial charge on any atom is 0.0458 e. The fourth-order valence-corrected chi connectivity index (χ4v) is 4.03. The summed E-state index contributed by atoms with van der Waals surface area (Å²) in [7, 11) is 0. The molecule has 1 heterocycles. The summed E-state index contributed by atoms with van der Waals surface area (Å²) in [5.41, 5.74) is 6.64. The molecule has 1 aromatic heterocycles. The number of anilines is 1. The van der Waals surface area contributed by atoms with Gasteiger partial charge in [-0.2, -0.15) is 0 Å². The van der Waals surface area contributed by atoms with Crippen LogP contribution in [0, 0.1) is 3.57 Å². The molecule has 12 heavy (non-hydrogen) atoms. The van der Waals surface area contributed by atoms with Crippen molar-refractivity contribution >= 4 is 65.6 Å². The molecule has 1 nitrogen and oxygen atoms in total. The van der Waals surface area contributed by atoms with Crippen molar-refractivity contribution in [1.82, 2.24) is 0 Å². The lowest BCUT2D eigenvalue weighted by Gasteiger charge is -1.99. The van der Waals surface area contributed by atoms with Gasteiger partial charge in [0.05, 0.1) is 0 Å². The number of benzene rings is 1. The molecule has 4 heteroatoms. The third-order valence-corrected chi connectivity index (χ3v) is 4.70. The van der Waals surface area contributed by atoms with Gasteiger partial charge in [-0.1, -0.05) is 0 Å². The van der Waals surface area contributed by atoms with Crippen LogP contribution in [0.3, 0.4) is 0 Å². The molecule has 0 aliphatic heterocycles. The number of halogens is 2. The van der Waals surface area contributed by atoms with Gasteiger partial charge in [-0.05, 0) is 50.7 Å². The summed E-state index contributed by atoms with van der Waals surface area (Å²) >= 11 is 7.51. The molecule has 0 unspecified atom stereocenters. The average molecular weight is 354 g/mol. The first-order valence-electron chi connectivity index (χ1n) is 3.31. The minimum absolute atomic E-state index is 0.849. The van der Waals surface area contributed by atoms with E-state index in [1.807, 2.05) is 6.07 Å². The van der Waals surface area contributed by atoms with Crippen molar-refractivity contribution in [3.63, 3.8) is 0 Å². The topological polar surface area (TPSA) is 26.0 Å². The second kappa shape index (κ2) is 3.16. The Kier molecular flexibility index (Phi) is 2.31. The number of nitrogens with two attached hydrogens (primary N) is 1. The van der Waals surface area contributed by atoms with Crippen LogP contribution in [0.5, 0.6) is 0 Å². The summed E-state index contributed by atoms with van der Waals surface area (Å²) in [5, 5.41) is 3.33. The monoisotopic (exact) mass is 353 g/mol. The van der Waals surface area contributed by atoms with E-state index in [1.54, 1.807) is 11.3 Å². The highest BCUT2D eigenvalue weighted by Gasteiger charge is 2.07. The lowest BCUT2D eigenvalue weighted by molar-refractivity contribution is 1.72. The lowest BCUT2D eigenvalue weighted by Crippen LogP contribution is -1.88. The Morgan fingerprint density at radius 2 is 2.17 bits per heavy atom. The normalized spacial score (nSPS) is 10.8. The quantitative estimate of drug-likeness (QED) is 0.565. The SMILES string of the molecule is Nc1ccc2scc(Br)c2c1I. The summed E-state index contributed by atoms with van der Waals surface area (Å²) in [4.78, 5) is 0. The van der Waals surface area contributed by atoms with Gasteiger partial charge in [0.1, 0.15) is 0 Å². The molecule has 2 aromatic rings. The standard InChI is InChI=1S/C8H5BrINS/c9-4-3-12-6-2-1-5(11)8(10)7(4)6/h1-3H,11H2. The molecule has 2 N–H and O–H groups in total. The van der Waals surface area contributed by atoms with Crippen molar-refractivity contribution in [2.24, 2.45) is 0 Å². The summed E-state index contributed by atoms with van der Waals surface area (Å²) in [6.45, 7) is 0. The maximum atomic E-state index is 5.79. The molecule has 0 spiro atoms. The molecule has 0 atom stereocenters. The maximum absolute atomic E-state index is 5.79. The van der Waals surface area contributed by atoms with E-state index in [0.717, 1.165) is 13.7 Å². The molecular weight excluding hydrogens is 349 g/mol. The Balaban J connectivity index is 2.96. The van der Waals surface area contributed by atoms with Crippen molar-refractivity contribution in [3.05, 3.63) is 25.6 Å². The van der Waals surface area contributed by atoms with E-state index in [1.165, 1.54) is 10.1 Å². The number of hydrogen-bond acceptors (Lipinski definition) is 2. The van der Waals surface area contributed by atoms with E-state index < -0.39 is 0 Å². The van der Waals surface area contributed by atoms with Gasteiger partial charge in [-0.25, -0.2) is 0 Å². The van der Waals surface area contributed by atoms with Crippen LogP contribution in [0.1, 0.15) is 0 Å². The zero-order valence-electron chi connectivity index (χ0n) is 5.97. The second-order valence-corrected chi connectivity index (χ2v) is 5.27. The molecule has 2 rings (SSSR count). The van der Waals surface area contributed by atoms with Gasteiger partial charge < -0.3 is 5.73 Å². The summed E-state index contributed by atoms with van der Waals surface area (Å²) < 4.78 is 3.55. The van der Waals surface area contributed by atoms with Gasteiger partial charge in [0.25, 0.3) is 0 Å². The van der Waals surface area contributed by atoms with Gasteiger partial charge >= 0.3 is 0 Å². The van der Waals surface area contributed by atoms with Crippen molar-refractivity contribution in [3.8, 4) is 0 Å². The number of thiophene rings is 1. The minimum atomic E-state index is 0.849. The van der Waals surface area contributed by atoms with Crippen molar-refractivity contribution < 1.29 is 0 Å². The van der Waals surface area contributed by atoms with Crippen LogP contribution in [0.4, 0.5) is 5.69 Å². The zero-order chi connectivity index (χ0) is 8.72.